The Labute approximate surface area is 263 Å². The summed E-state index contributed by atoms with van der Waals surface area (Å²) in [6.07, 6.45) is 6.69. The summed E-state index contributed by atoms with van der Waals surface area (Å²) in [7, 11) is -0.407. The SMILES string of the molecule is C[C@@H]1C2CCCC(C)(c3ccc(-c4nc(-c5ccccc5)nc(-c5ccc(B6OC(C)(C)C(C)(C)O6)cc5)n4)cc3)C[C@@H]1C2. The molecule has 226 valence electrons. The van der Waals surface area contributed by atoms with E-state index in [4.69, 9.17) is 24.3 Å². The Kier molecular flexibility index (Phi) is 7.29. The standard InChI is InChI=1S/C38H44BN3O2/c1-25-29-13-10-22-38(6,24-30(25)23-29)31-18-14-27(15-19-31)34-40-33(26-11-8-7-9-12-26)41-35(42-34)28-16-20-32(21-17-28)39-43-36(2,3)37(4,5)44-39/h7-9,11-12,14-21,25,29-30H,10,13,22-24H2,1-6H3/t25-,29?,30+,38?/m1/s1. The Hall–Kier alpha value is -3.35. The number of hydrogen-bond acceptors (Lipinski definition) is 5. The van der Waals surface area contributed by atoms with Crippen molar-refractivity contribution in [3.05, 3.63) is 84.4 Å². The van der Waals surface area contributed by atoms with Gasteiger partial charge in [0.25, 0.3) is 0 Å². The van der Waals surface area contributed by atoms with Crippen molar-refractivity contribution in [1.82, 2.24) is 15.0 Å². The smallest absolute Gasteiger partial charge is 0.399 e. The third kappa shape index (κ3) is 5.30. The maximum Gasteiger partial charge on any atom is 0.494 e. The van der Waals surface area contributed by atoms with Crippen LogP contribution in [0.5, 0.6) is 0 Å². The topological polar surface area (TPSA) is 57.1 Å². The molecule has 2 bridgehead atoms. The molecule has 0 spiro atoms. The number of rotatable bonds is 5. The van der Waals surface area contributed by atoms with Gasteiger partial charge in [-0.15, -0.1) is 0 Å². The quantitative estimate of drug-likeness (QED) is 0.221. The molecule has 4 aromatic rings. The summed E-state index contributed by atoms with van der Waals surface area (Å²) in [4.78, 5) is 14.9. The third-order valence-corrected chi connectivity index (χ3v) is 11.3. The number of hydrogen-bond donors (Lipinski definition) is 0. The van der Waals surface area contributed by atoms with Crippen LogP contribution in [0.4, 0.5) is 0 Å². The lowest BCUT2D eigenvalue weighted by Crippen LogP contribution is -2.41. The molecule has 3 aliphatic carbocycles. The van der Waals surface area contributed by atoms with Crippen molar-refractivity contribution in [2.45, 2.75) is 90.3 Å². The van der Waals surface area contributed by atoms with E-state index in [1.807, 2.05) is 18.2 Å². The highest BCUT2D eigenvalue weighted by Gasteiger charge is 2.51. The molecule has 5 nitrogen and oxygen atoms in total. The van der Waals surface area contributed by atoms with Crippen LogP contribution < -0.4 is 5.46 Å². The van der Waals surface area contributed by atoms with Gasteiger partial charge in [0.1, 0.15) is 0 Å². The Morgan fingerprint density at radius 3 is 1.73 bits per heavy atom. The number of benzene rings is 3. The number of fused-ring (bicyclic) bond motifs is 4. The molecule has 1 aromatic heterocycles. The molecule has 3 aromatic carbocycles. The first-order chi connectivity index (χ1) is 21.0. The predicted molar refractivity (Wildman–Crippen MR) is 178 cm³/mol. The average molecular weight is 586 g/mol. The minimum absolute atomic E-state index is 0.223. The third-order valence-electron chi connectivity index (χ3n) is 11.3. The van der Waals surface area contributed by atoms with Crippen molar-refractivity contribution in [2.24, 2.45) is 17.8 Å². The first kappa shape index (κ1) is 29.4. The van der Waals surface area contributed by atoms with Gasteiger partial charge in [-0.25, -0.2) is 15.0 Å². The van der Waals surface area contributed by atoms with E-state index >= 15 is 0 Å². The van der Waals surface area contributed by atoms with Gasteiger partial charge in [0.15, 0.2) is 17.5 Å². The maximum absolute atomic E-state index is 6.27. The Bertz CT molecular complexity index is 1620. The van der Waals surface area contributed by atoms with Crippen LogP contribution in [0.3, 0.4) is 0 Å². The second-order valence-corrected chi connectivity index (χ2v) is 14.7. The van der Waals surface area contributed by atoms with E-state index in [1.165, 1.54) is 37.7 Å². The summed E-state index contributed by atoms with van der Waals surface area (Å²) in [6.45, 7) is 13.3. The van der Waals surface area contributed by atoms with E-state index < -0.39 is 7.12 Å². The highest BCUT2D eigenvalue weighted by Crippen LogP contribution is 2.52. The summed E-state index contributed by atoms with van der Waals surface area (Å²) in [6, 6.07) is 27.4. The molecule has 4 atom stereocenters. The van der Waals surface area contributed by atoms with Gasteiger partial charge >= 0.3 is 7.12 Å². The van der Waals surface area contributed by atoms with E-state index in [9.17, 15) is 0 Å². The molecule has 1 saturated heterocycles. The first-order valence-corrected chi connectivity index (χ1v) is 16.4. The monoisotopic (exact) mass is 585 g/mol. The normalized spacial score (nSPS) is 27.3. The van der Waals surface area contributed by atoms with Crippen molar-refractivity contribution in [3.63, 3.8) is 0 Å². The molecule has 3 saturated carbocycles. The Balaban J connectivity index is 1.20. The van der Waals surface area contributed by atoms with Gasteiger partial charge in [-0.3, -0.25) is 0 Å². The fraction of sp³-hybridized carbons (Fsp3) is 0.447. The molecule has 44 heavy (non-hydrogen) atoms. The van der Waals surface area contributed by atoms with Crippen LogP contribution in [-0.4, -0.2) is 33.3 Å². The van der Waals surface area contributed by atoms with Crippen molar-refractivity contribution in [2.75, 3.05) is 0 Å². The fourth-order valence-electron chi connectivity index (χ4n) is 7.50. The van der Waals surface area contributed by atoms with E-state index in [-0.39, 0.29) is 16.6 Å². The second kappa shape index (κ2) is 10.9. The van der Waals surface area contributed by atoms with E-state index in [0.29, 0.717) is 17.5 Å². The molecule has 4 aliphatic rings. The number of aromatic nitrogens is 3. The molecule has 6 heteroatoms. The van der Waals surface area contributed by atoms with E-state index in [2.05, 4.69) is 102 Å². The summed E-state index contributed by atoms with van der Waals surface area (Å²) < 4.78 is 12.5. The van der Waals surface area contributed by atoms with Gasteiger partial charge < -0.3 is 9.31 Å². The summed E-state index contributed by atoms with van der Waals surface area (Å²) in [5.41, 5.74) is 4.78. The van der Waals surface area contributed by atoms with Gasteiger partial charge in [-0.05, 0) is 81.2 Å². The lowest BCUT2D eigenvalue weighted by Gasteiger charge is -2.50. The molecule has 0 N–H and O–H groups in total. The molecule has 1 aliphatic heterocycles. The van der Waals surface area contributed by atoms with Crippen LogP contribution in [0.2, 0.25) is 0 Å². The van der Waals surface area contributed by atoms with Crippen LogP contribution in [0.1, 0.15) is 79.2 Å². The van der Waals surface area contributed by atoms with Crippen LogP contribution in [0.15, 0.2) is 78.9 Å². The Morgan fingerprint density at radius 2 is 1.18 bits per heavy atom. The van der Waals surface area contributed by atoms with Crippen LogP contribution in [-0.2, 0) is 14.7 Å². The predicted octanol–water partition coefficient (Wildman–Crippen LogP) is 8.28. The lowest BCUT2D eigenvalue weighted by atomic mass is 9.55. The molecular weight excluding hydrogens is 541 g/mol. The molecule has 0 amide bonds. The van der Waals surface area contributed by atoms with E-state index in [1.54, 1.807) is 0 Å². The van der Waals surface area contributed by atoms with Crippen molar-refractivity contribution >= 4 is 12.6 Å². The molecule has 2 unspecified atom stereocenters. The summed E-state index contributed by atoms with van der Waals surface area (Å²) in [5, 5.41) is 0. The van der Waals surface area contributed by atoms with Gasteiger partial charge in [-0.2, -0.15) is 0 Å². The zero-order valence-corrected chi connectivity index (χ0v) is 27.0. The highest BCUT2D eigenvalue weighted by molar-refractivity contribution is 6.62. The lowest BCUT2D eigenvalue weighted by molar-refractivity contribution is 0.00578. The van der Waals surface area contributed by atoms with Crippen LogP contribution >= 0.6 is 0 Å². The Morgan fingerprint density at radius 1 is 0.659 bits per heavy atom. The summed E-state index contributed by atoms with van der Waals surface area (Å²) in [5.74, 6) is 4.71. The highest BCUT2D eigenvalue weighted by atomic mass is 16.7. The van der Waals surface area contributed by atoms with Crippen LogP contribution in [0, 0.1) is 17.8 Å². The molecule has 2 heterocycles. The van der Waals surface area contributed by atoms with Gasteiger partial charge in [0.05, 0.1) is 11.2 Å². The second-order valence-electron chi connectivity index (χ2n) is 14.7. The molecule has 4 fully saturated rings. The van der Waals surface area contributed by atoms with Crippen LogP contribution in [0.25, 0.3) is 34.2 Å². The maximum atomic E-state index is 6.27. The van der Waals surface area contributed by atoms with Gasteiger partial charge in [-0.1, -0.05) is 106 Å². The van der Waals surface area contributed by atoms with Crippen molar-refractivity contribution < 1.29 is 9.31 Å². The number of nitrogens with zero attached hydrogens (tertiary/aromatic N) is 3. The average Bonchev–Trinajstić information content (AvgIpc) is 3.25. The van der Waals surface area contributed by atoms with Gasteiger partial charge in [0, 0.05) is 16.7 Å². The largest absolute Gasteiger partial charge is 0.494 e. The first-order valence-electron chi connectivity index (χ1n) is 16.4. The summed E-state index contributed by atoms with van der Waals surface area (Å²) >= 11 is 0. The molecular formula is C38H44BN3O2. The zero-order valence-electron chi connectivity index (χ0n) is 27.0. The minimum Gasteiger partial charge on any atom is -0.399 e. The van der Waals surface area contributed by atoms with Crippen molar-refractivity contribution in [1.29, 1.82) is 0 Å². The van der Waals surface area contributed by atoms with Gasteiger partial charge in [0.2, 0.25) is 0 Å². The zero-order chi connectivity index (χ0) is 30.7. The minimum atomic E-state index is -0.407. The fourth-order valence-corrected chi connectivity index (χ4v) is 7.50. The molecule has 8 rings (SSSR count). The van der Waals surface area contributed by atoms with Crippen molar-refractivity contribution in [3.8, 4) is 34.2 Å². The van der Waals surface area contributed by atoms with E-state index in [0.717, 1.165) is 39.9 Å². The molecule has 0 radical (unpaired) electrons.